The molecule has 1 N–H and O–H groups in total. The van der Waals surface area contributed by atoms with E-state index in [4.69, 9.17) is 11.6 Å². The Balaban J connectivity index is 1.79. The summed E-state index contributed by atoms with van der Waals surface area (Å²) in [7, 11) is 1.22. The van der Waals surface area contributed by atoms with Gasteiger partial charge in [0.15, 0.2) is 11.5 Å². The second kappa shape index (κ2) is 7.55. The van der Waals surface area contributed by atoms with Gasteiger partial charge in [-0.25, -0.2) is 4.39 Å². The van der Waals surface area contributed by atoms with Crippen molar-refractivity contribution in [2.24, 2.45) is 7.05 Å². The van der Waals surface area contributed by atoms with Crippen LogP contribution >= 0.6 is 27.5 Å². The number of carbonyl (C=O) groups excluding carboxylic acids is 1. The monoisotopic (exact) mass is 479 g/mol. The molecule has 0 saturated heterocycles. The summed E-state index contributed by atoms with van der Waals surface area (Å²) in [6.45, 7) is 0.00893. The summed E-state index contributed by atoms with van der Waals surface area (Å²) in [5, 5.41) is 9.99. The highest BCUT2D eigenvalue weighted by Gasteiger charge is 2.39. The Morgan fingerprint density at radius 2 is 2.00 bits per heavy atom. The topological polar surface area (TPSA) is 64.7 Å². The molecule has 28 heavy (non-hydrogen) atoms. The van der Waals surface area contributed by atoms with Crippen molar-refractivity contribution in [3.8, 4) is 0 Å². The predicted octanol–water partition coefficient (Wildman–Crippen LogP) is 4.49. The van der Waals surface area contributed by atoms with Crippen molar-refractivity contribution >= 4 is 39.3 Å². The number of alkyl halides is 3. The molecule has 0 atom stereocenters. The minimum Gasteiger partial charge on any atom is -0.304 e. The zero-order valence-electron chi connectivity index (χ0n) is 14.1. The molecular weight excluding hydrogens is 470 g/mol. The molecule has 1 aromatic carbocycles. The van der Waals surface area contributed by atoms with E-state index in [0.717, 1.165) is 4.68 Å². The Bertz CT molecular complexity index is 1030. The van der Waals surface area contributed by atoms with Gasteiger partial charge in [-0.2, -0.15) is 23.4 Å². The number of aromatic nitrogens is 4. The fourth-order valence-electron chi connectivity index (χ4n) is 2.46. The third-order valence-electron chi connectivity index (χ3n) is 3.74. The largest absolute Gasteiger partial charge is 0.436 e. The van der Waals surface area contributed by atoms with E-state index in [2.05, 4.69) is 31.4 Å². The first kappa shape index (κ1) is 20.3. The molecule has 3 rings (SSSR count). The molecule has 0 unspecified atom stereocenters. The molecule has 0 aliphatic rings. The van der Waals surface area contributed by atoms with E-state index in [-0.39, 0.29) is 28.6 Å². The fraction of sp³-hybridized carbons (Fsp3) is 0.188. The average Bonchev–Trinajstić information content (AvgIpc) is 3.14. The van der Waals surface area contributed by atoms with E-state index in [9.17, 15) is 22.4 Å². The van der Waals surface area contributed by atoms with Gasteiger partial charge in [-0.05, 0) is 28.1 Å². The summed E-state index contributed by atoms with van der Waals surface area (Å²) in [6.07, 6.45) is -3.24. The normalized spacial score (nSPS) is 11.7. The van der Waals surface area contributed by atoms with Crippen LogP contribution in [0.25, 0.3) is 0 Å². The van der Waals surface area contributed by atoms with Gasteiger partial charge in [0.2, 0.25) is 0 Å². The number of hydrogen-bond donors (Lipinski definition) is 1. The van der Waals surface area contributed by atoms with E-state index >= 15 is 0 Å². The van der Waals surface area contributed by atoms with Crippen LogP contribution in [0.3, 0.4) is 0 Å². The number of anilines is 1. The number of amides is 1. The average molecular weight is 481 g/mol. The van der Waals surface area contributed by atoms with Crippen LogP contribution < -0.4 is 5.32 Å². The molecular formula is C16H11BrClF4N5O. The highest BCUT2D eigenvalue weighted by Crippen LogP contribution is 2.35. The van der Waals surface area contributed by atoms with E-state index < -0.39 is 28.1 Å². The summed E-state index contributed by atoms with van der Waals surface area (Å²) < 4.78 is 54.3. The number of halogens is 6. The second-order valence-corrected chi connectivity index (χ2v) is 6.89. The fourth-order valence-corrected chi connectivity index (χ4v) is 3.43. The van der Waals surface area contributed by atoms with Gasteiger partial charge < -0.3 is 5.32 Å². The number of nitrogens with zero attached hydrogens (tertiary/aromatic N) is 4. The lowest BCUT2D eigenvalue weighted by molar-refractivity contribution is -0.142. The van der Waals surface area contributed by atoms with E-state index in [1.165, 1.54) is 42.2 Å². The summed E-state index contributed by atoms with van der Waals surface area (Å²) in [5.41, 5.74) is -1.31. The molecule has 0 aliphatic carbocycles. The summed E-state index contributed by atoms with van der Waals surface area (Å²) in [6, 6.07) is 5.67. The summed E-state index contributed by atoms with van der Waals surface area (Å²) >= 11 is 8.74. The van der Waals surface area contributed by atoms with E-state index in [1.54, 1.807) is 0 Å². The maximum absolute atomic E-state index is 13.9. The van der Waals surface area contributed by atoms with Crippen LogP contribution in [-0.4, -0.2) is 25.5 Å². The van der Waals surface area contributed by atoms with Crippen molar-refractivity contribution in [1.82, 2.24) is 19.6 Å². The van der Waals surface area contributed by atoms with Crippen LogP contribution in [0.2, 0.25) is 5.02 Å². The van der Waals surface area contributed by atoms with Gasteiger partial charge in [0.25, 0.3) is 5.91 Å². The number of hydrogen-bond acceptors (Lipinski definition) is 3. The first-order valence-corrected chi connectivity index (χ1v) is 8.82. The third kappa shape index (κ3) is 4.04. The zero-order chi connectivity index (χ0) is 20.6. The van der Waals surface area contributed by atoms with Crippen molar-refractivity contribution in [3.05, 3.63) is 62.7 Å². The molecule has 0 aliphatic heterocycles. The molecule has 0 saturated carbocycles. The lowest BCUT2D eigenvalue weighted by Gasteiger charge is -2.06. The minimum atomic E-state index is -4.71. The minimum absolute atomic E-state index is 0.00893. The Morgan fingerprint density at radius 1 is 1.29 bits per heavy atom. The molecule has 1 amide bonds. The molecule has 6 nitrogen and oxygen atoms in total. The standard InChI is InChI=1S/C16H11BrClF4N5O/c1-26-13(12(17)14(25-26)16(20,21)22)15(28)23-11-5-6-27(24-11)7-8-9(18)3-2-4-10(8)19/h2-6H,7H2,1H3,(H,23,24,28). The van der Waals surface area contributed by atoms with Crippen LogP contribution in [0.15, 0.2) is 34.9 Å². The van der Waals surface area contributed by atoms with Gasteiger partial charge in [-0.15, -0.1) is 0 Å². The summed E-state index contributed by atoms with van der Waals surface area (Å²) in [4.78, 5) is 12.4. The Kier molecular flexibility index (Phi) is 5.48. The number of nitrogens with one attached hydrogen (secondary N) is 1. The van der Waals surface area contributed by atoms with E-state index in [1.807, 2.05) is 0 Å². The Hall–Kier alpha value is -2.40. The van der Waals surface area contributed by atoms with Gasteiger partial charge in [-0.1, -0.05) is 17.7 Å². The lowest BCUT2D eigenvalue weighted by Crippen LogP contribution is -2.17. The molecule has 2 heterocycles. The Morgan fingerprint density at radius 3 is 2.61 bits per heavy atom. The quantitative estimate of drug-likeness (QED) is 0.560. The number of rotatable bonds is 4. The van der Waals surface area contributed by atoms with Gasteiger partial charge in [0, 0.05) is 29.9 Å². The van der Waals surface area contributed by atoms with Gasteiger partial charge in [0.1, 0.15) is 11.5 Å². The molecule has 2 aromatic heterocycles. The van der Waals surface area contributed by atoms with Crippen molar-refractivity contribution in [2.45, 2.75) is 12.7 Å². The Labute approximate surface area is 169 Å². The first-order valence-electron chi connectivity index (χ1n) is 7.65. The van der Waals surface area contributed by atoms with E-state index in [0.29, 0.717) is 0 Å². The third-order valence-corrected chi connectivity index (χ3v) is 4.84. The highest BCUT2D eigenvalue weighted by atomic mass is 79.9. The van der Waals surface area contributed by atoms with Gasteiger partial charge in [0.05, 0.1) is 11.0 Å². The first-order chi connectivity index (χ1) is 13.1. The van der Waals surface area contributed by atoms with Gasteiger partial charge >= 0.3 is 6.18 Å². The SMILES string of the molecule is Cn1nc(C(F)(F)F)c(Br)c1C(=O)Nc1ccn(Cc2c(F)cccc2Cl)n1. The predicted molar refractivity (Wildman–Crippen MR) is 96.6 cm³/mol. The van der Waals surface area contributed by atoms with Crippen molar-refractivity contribution in [2.75, 3.05) is 5.32 Å². The molecule has 0 fully saturated rings. The smallest absolute Gasteiger partial charge is 0.304 e. The number of aryl methyl sites for hydroxylation is 1. The maximum atomic E-state index is 13.9. The molecule has 0 bridgehead atoms. The van der Waals surface area contributed by atoms with Crippen LogP contribution in [0.5, 0.6) is 0 Å². The van der Waals surface area contributed by atoms with Gasteiger partial charge in [-0.3, -0.25) is 14.2 Å². The van der Waals surface area contributed by atoms with Crippen LogP contribution in [0.1, 0.15) is 21.7 Å². The number of benzene rings is 1. The van der Waals surface area contributed by atoms with Crippen molar-refractivity contribution < 1.29 is 22.4 Å². The van der Waals surface area contributed by atoms with Crippen molar-refractivity contribution in [1.29, 1.82) is 0 Å². The molecule has 12 heteroatoms. The van der Waals surface area contributed by atoms with Crippen LogP contribution in [-0.2, 0) is 19.8 Å². The molecule has 0 radical (unpaired) electrons. The van der Waals surface area contributed by atoms with Crippen LogP contribution in [0, 0.1) is 5.82 Å². The lowest BCUT2D eigenvalue weighted by atomic mass is 10.2. The molecule has 148 valence electrons. The zero-order valence-corrected chi connectivity index (χ0v) is 16.4. The number of carbonyl (C=O) groups is 1. The molecule has 0 spiro atoms. The van der Waals surface area contributed by atoms with Crippen molar-refractivity contribution in [3.63, 3.8) is 0 Å². The summed E-state index contributed by atoms with van der Waals surface area (Å²) in [5.74, 6) is -1.28. The maximum Gasteiger partial charge on any atom is 0.436 e. The van der Waals surface area contributed by atoms with Crippen LogP contribution in [0.4, 0.5) is 23.4 Å². The molecule has 3 aromatic rings. The second-order valence-electron chi connectivity index (χ2n) is 5.69. The highest BCUT2D eigenvalue weighted by molar-refractivity contribution is 9.10.